The van der Waals surface area contributed by atoms with Crippen LogP contribution in [-0.2, 0) is 19.0 Å². The molecule has 2 aromatic carbocycles. The summed E-state index contributed by atoms with van der Waals surface area (Å²) in [7, 11) is 0. The van der Waals surface area contributed by atoms with Crippen LogP contribution in [0.5, 0.6) is 0 Å². The number of halogens is 1. The highest BCUT2D eigenvalue weighted by atomic mass is 19.1. The average Bonchev–Trinajstić information content (AvgIpc) is 2.90. The van der Waals surface area contributed by atoms with Crippen LogP contribution < -0.4 is 0 Å². The second-order valence-electron chi connectivity index (χ2n) is 6.18. The maximum atomic E-state index is 14.8. The van der Waals surface area contributed by atoms with Gasteiger partial charge in [-0.25, -0.2) is 18.8 Å². The van der Waals surface area contributed by atoms with Crippen LogP contribution in [0.2, 0.25) is 0 Å². The van der Waals surface area contributed by atoms with Gasteiger partial charge in [-0.1, -0.05) is 36.4 Å². The van der Waals surface area contributed by atoms with Gasteiger partial charge in [0.25, 0.3) is 0 Å². The topological polar surface area (TPSA) is 78.9 Å². The van der Waals surface area contributed by atoms with Crippen molar-refractivity contribution in [3.63, 3.8) is 0 Å². The minimum absolute atomic E-state index is 0.202. The molecule has 27 heavy (non-hydrogen) atoms. The summed E-state index contributed by atoms with van der Waals surface area (Å²) in [4.78, 5) is 36.1. The molecule has 3 rings (SSSR count). The Labute approximate surface area is 154 Å². The number of hydrogen-bond acceptors (Lipinski definition) is 6. The number of rotatable bonds is 5. The number of alkyl halides is 1. The lowest BCUT2D eigenvalue weighted by atomic mass is 10.00. The fourth-order valence-corrected chi connectivity index (χ4v) is 2.66. The van der Waals surface area contributed by atoms with E-state index in [-0.39, 0.29) is 5.56 Å². The summed E-state index contributed by atoms with van der Waals surface area (Å²) in [6, 6.07) is 16.1. The third-order valence-corrected chi connectivity index (χ3v) is 4.16. The molecular weight excluding hydrogens is 355 g/mol. The number of hydrogen-bond donors (Lipinski definition) is 0. The molecule has 0 aromatic heterocycles. The minimum Gasteiger partial charge on any atom is -0.458 e. The van der Waals surface area contributed by atoms with Gasteiger partial charge in [0.1, 0.15) is 6.61 Å². The molecule has 0 saturated carbocycles. The third-order valence-electron chi connectivity index (χ3n) is 4.16. The van der Waals surface area contributed by atoms with Crippen LogP contribution in [0, 0.1) is 0 Å². The Morgan fingerprint density at radius 2 is 1.52 bits per heavy atom. The molecule has 1 fully saturated rings. The van der Waals surface area contributed by atoms with Crippen molar-refractivity contribution < 1.29 is 33.0 Å². The Balaban J connectivity index is 1.70. The van der Waals surface area contributed by atoms with E-state index < -0.39 is 42.4 Å². The molecule has 0 N–H and O–H groups in total. The molecule has 0 bridgehead atoms. The molecule has 0 spiro atoms. The van der Waals surface area contributed by atoms with Gasteiger partial charge >= 0.3 is 17.9 Å². The highest BCUT2D eigenvalue weighted by Gasteiger charge is 2.58. The van der Waals surface area contributed by atoms with Crippen molar-refractivity contribution in [2.75, 3.05) is 6.61 Å². The van der Waals surface area contributed by atoms with E-state index in [9.17, 15) is 18.8 Å². The number of esters is 3. The molecule has 140 valence electrons. The van der Waals surface area contributed by atoms with Crippen LogP contribution in [0.25, 0.3) is 0 Å². The van der Waals surface area contributed by atoms with Gasteiger partial charge in [-0.2, -0.15) is 0 Å². The molecule has 1 aliphatic rings. The van der Waals surface area contributed by atoms with Gasteiger partial charge in [0, 0.05) is 0 Å². The standard InChI is InChI=1S/C20H17FO6/c1-20(21)16(27-18(23)14-10-6-3-7-11-14)15(26-19(20)24)12-25-17(22)13-8-4-2-5-9-13/h2-11,15-16H,12H2,1H3/t15?,16-,20-/m1/s1. The smallest absolute Gasteiger partial charge is 0.348 e. The van der Waals surface area contributed by atoms with Gasteiger partial charge in [-0.3, -0.25) is 0 Å². The summed E-state index contributed by atoms with van der Waals surface area (Å²) in [5.41, 5.74) is -2.05. The molecule has 0 radical (unpaired) electrons. The number of ether oxygens (including phenoxy) is 3. The van der Waals surface area contributed by atoms with Crippen molar-refractivity contribution in [3.8, 4) is 0 Å². The molecule has 1 heterocycles. The van der Waals surface area contributed by atoms with Crippen LogP contribution in [0.1, 0.15) is 27.6 Å². The molecule has 6 nitrogen and oxygen atoms in total. The van der Waals surface area contributed by atoms with E-state index in [2.05, 4.69) is 0 Å². The third kappa shape index (κ3) is 3.97. The molecule has 7 heteroatoms. The first-order chi connectivity index (χ1) is 12.9. The Hall–Kier alpha value is -3.22. The van der Waals surface area contributed by atoms with Gasteiger partial charge in [-0.15, -0.1) is 0 Å². The minimum atomic E-state index is -2.55. The van der Waals surface area contributed by atoms with Crippen LogP contribution in [0.15, 0.2) is 60.7 Å². The quantitative estimate of drug-likeness (QED) is 0.593. The molecule has 1 saturated heterocycles. The molecule has 2 aromatic rings. The van der Waals surface area contributed by atoms with Crippen molar-refractivity contribution >= 4 is 17.9 Å². The van der Waals surface area contributed by atoms with Crippen LogP contribution in [-0.4, -0.2) is 42.4 Å². The first-order valence-electron chi connectivity index (χ1n) is 8.28. The monoisotopic (exact) mass is 372 g/mol. The van der Waals surface area contributed by atoms with E-state index >= 15 is 0 Å². The van der Waals surface area contributed by atoms with E-state index in [1.807, 2.05) is 0 Å². The Kier molecular flexibility index (Phi) is 5.21. The van der Waals surface area contributed by atoms with E-state index in [0.29, 0.717) is 5.56 Å². The number of carbonyl (C=O) groups is 3. The largest absolute Gasteiger partial charge is 0.458 e. The summed E-state index contributed by atoms with van der Waals surface area (Å²) in [5, 5.41) is 0. The number of carbonyl (C=O) groups excluding carboxylic acids is 3. The Bertz CT molecular complexity index is 834. The predicted octanol–water partition coefficient (Wildman–Crippen LogP) is 2.72. The number of benzene rings is 2. The lowest BCUT2D eigenvalue weighted by Crippen LogP contribution is -2.44. The van der Waals surface area contributed by atoms with E-state index in [1.54, 1.807) is 48.5 Å². The summed E-state index contributed by atoms with van der Waals surface area (Å²) < 4.78 is 30.0. The number of cyclic esters (lactones) is 1. The van der Waals surface area contributed by atoms with E-state index in [4.69, 9.17) is 14.2 Å². The second kappa shape index (κ2) is 7.57. The zero-order valence-electron chi connectivity index (χ0n) is 14.5. The first kappa shape index (κ1) is 18.6. The molecule has 3 atom stereocenters. The highest BCUT2D eigenvalue weighted by Crippen LogP contribution is 2.33. The zero-order chi connectivity index (χ0) is 19.4. The molecule has 1 unspecified atom stereocenters. The molecule has 0 aliphatic carbocycles. The molecule has 1 aliphatic heterocycles. The predicted molar refractivity (Wildman–Crippen MR) is 91.8 cm³/mol. The van der Waals surface area contributed by atoms with Gasteiger partial charge in [-0.05, 0) is 31.2 Å². The fourth-order valence-electron chi connectivity index (χ4n) is 2.66. The van der Waals surface area contributed by atoms with Crippen LogP contribution >= 0.6 is 0 Å². The SMILES string of the molecule is C[C@]1(F)C(=O)OC(COC(=O)c2ccccc2)[C@H]1OC(=O)c1ccccc1. The maximum Gasteiger partial charge on any atom is 0.348 e. The zero-order valence-corrected chi connectivity index (χ0v) is 14.5. The summed E-state index contributed by atoms with van der Waals surface area (Å²) in [5.74, 6) is -2.64. The van der Waals surface area contributed by atoms with Crippen molar-refractivity contribution in [1.29, 1.82) is 0 Å². The second-order valence-corrected chi connectivity index (χ2v) is 6.18. The van der Waals surface area contributed by atoms with Gasteiger partial charge < -0.3 is 14.2 Å². The maximum absolute atomic E-state index is 14.8. The summed E-state index contributed by atoms with van der Waals surface area (Å²) >= 11 is 0. The molecular formula is C20H17FO6. The first-order valence-corrected chi connectivity index (χ1v) is 8.28. The van der Waals surface area contributed by atoms with Crippen LogP contribution in [0.3, 0.4) is 0 Å². The van der Waals surface area contributed by atoms with Crippen molar-refractivity contribution in [1.82, 2.24) is 0 Å². The molecule has 0 amide bonds. The van der Waals surface area contributed by atoms with Gasteiger partial charge in [0.2, 0.25) is 5.67 Å². The average molecular weight is 372 g/mol. The lowest BCUT2D eigenvalue weighted by Gasteiger charge is -2.22. The van der Waals surface area contributed by atoms with Gasteiger partial charge in [0.15, 0.2) is 12.2 Å². The highest BCUT2D eigenvalue weighted by molar-refractivity contribution is 5.91. The van der Waals surface area contributed by atoms with E-state index in [0.717, 1.165) is 6.92 Å². The fraction of sp³-hybridized carbons (Fsp3) is 0.250. The van der Waals surface area contributed by atoms with Crippen molar-refractivity contribution in [2.24, 2.45) is 0 Å². The lowest BCUT2D eigenvalue weighted by molar-refractivity contribution is -0.150. The summed E-state index contributed by atoms with van der Waals surface area (Å²) in [6.45, 7) is 0.531. The van der Waals surface area contributed by atoms with E-state index in [1.165, 1.54) is 12.1 Å². The van der Waals surface area contributed by atoms with Crippen LogP contribution in [0.4, 0.5) is 4.39 Å². The van der Waals surface area contributed by atoms with Gasteiger partial charge in [0.05, 0.1) is 11.1 Å². The van der Waals surface area contributed by atoms with Crippen molar-refractivity contribution in [3.05, 3.63) is 71.8 Å². The normalized spacial score (nSPS) is 24.1. The Morgan fingerprint density at radius 1 is 1.00 bits per heavy atom. The summed E-state index contributed by atoms with van der Waals surface area (Å²) in [6.07, 6.45) is -2.78. The Morgan fingerprint density at radius 3 is 2.07 bits per heavy atom. The van der Waals surface area contributed by atoms with Crippen molar-refractivity contribution in [2.45, 2.75) is 24.8 Å².